The first-order chi connectivity index (χ1) is 14.1. The van der Waals surface area contributed by atoms with Crippen LogP contribution in [0.2, 0.25) is 0 Å². The van der Waals surface area contributed by atoms with Crippen LogP contribution in [0.15, 0.2) is 64.2 Å². The van der Waals surface area contributed by atoms with E-state index in [1.165, 1.54) is 11.3 Å². The number of imidazole rings is 1. The van der Waals surface area contributed by atoms with Gasteiger partial charge in [0.1, 0.15) is 11.3 Å². The van der Waals surface area contributed by atoms with E-state index in [4.69, 9.17) is 9.15 Å². The average Bonchev–Trinajstić information content (AvgIpc) is 3.26. The van der Waals surface area contributed by atoms with Gasteiger partial charge in [-0.1, -0.05) is 13.8 Å². The molecule has 5 aromatic rings. The normalized spacial score (nSPS) is 11.6. The van der Waals surface area contributed by atoms with Gasteiger partial charge < -0.3 is 9.15 Å². The predicted octanol–water partition coefficient (Wildman–Crippen LogP) is 4.87. The molecule has 0 unspecified atom stereocenters. The van der Waals surface area contributed by atoms with Crippen LogP contribution in [-0.4, -0.2) is 19.6 Å². The molecule has 7 nitrogen and oxygen atoms in total. The Bertz CT molecular complexity index is 1350. The highest BCUT2D eigenvalue weighted by molar-refractivity contribution is 7.18. The average molecular weight is 404 g/mol. The molecule has 0 aliphatic rings. The maximum atomic E-state index is 11.9. The van der Waals surface area contributed by atoms with Gasteiger partial charge in [-0.3, -0.25) is 4.98 Å². The van der Waals surface area contributed by atoms with Crippen LogP contribution in [0, 0.1) is 0 Å². The summed E-state index contributed by atoms with van der Waals surface area (Å²) >= 11 is 1.33. The van der Waals surface area contributed by atoms with Crippen molar-refractivity contribution in [1.29, 1.82) is 0 Å². The van der Waals surface area contributed by atoms with E-state index >= 15 is 0 Å². The second-order valence-corrected chi connectivity index (χ2v) is 7.82. The zero-order valence-electron chi connectivity index (χ0n) is 15.7. The van der Waals surface area contributed by atoms with Crippen molar-refractivity contribution in [2.75, 3.05) is 0 Å². The monoisotopic (exact) mass is 404 g/mol. The van der Waals surface area contributed by atoms with Crippen LogP contribution in [0.4, 0.5) is 0 Å². The molecule has 0 saturated heterocycles. The molecule has 0 bridgehead atoms. The highest BCUT2D eigenvalue weighted by Crippen LogP contribution is 2.32. The van der Waals surface area contributed by atoms with Crippen molar-refractivity contribution < 1.29 is 9.15 Å². The Balaban J connectivity index is 1.46. The molecule has 0 saturated carbocycles. The molecule has 0 fully saturated rings. The van der Waals surface area contributed by atoms with Crippen molar-refractivity contribution in [1.82, 2.24) is 19.6 Å². The second-order valence-electron chi connectivity index (χ2n) is 6.90. The lowest BCUT2D eigenvalue weighted by atomic mass is 10.00. The third kappa shape index (κ3) is 3.27. The lowest BCUT2D eigenvalue weighted by molar-refractivity contribution is 0.468. The lowest BCUT2D eigenvalue weighted by Crippen LogP contribution is -2.02. The third-order valence-electron chi connectivity index (χ3n) is 4.56. The molecule has 8 heteroatoms. The van der Waals surface area contributed by atoms with E-state index in [0.29, 0.717) is 21.5 Å². The van der Waals surface area contributed by atoms with Crippen molar-refractivity contribution in [2.45, 2.75) is 19.8 Å². The molecule has 144 valence electrons. The highest BCUT2D eigenvalue weighted by atomic mass is 32.1. The van der Waals surface area contributed by atoms with Gasteiger partial charge in [0, 0.05) is 35.5 Å². The molecule has 0 aliphatic heterocycles. The van der Waals surface area contributed by atoms with Gasteiger partial charge in [-0.05, 0) is 47.1 Å². The fourth-order valence-corrected chi connectivity index (χ4v) is 3.94. The standard InChI is InChI=1S/C21H16N4O3S/c1-12(2)16-9-19(26)28-18-8-14(5-6-15(16)18)27-21-24-25-11-17(23-20(25)29-21)13-4-3-7-22-10-13/h3-12H,1-2H3. The van der Waals surface area contributed by atoms with Gasteiger partial charge in [0.15, 0.2) is 0 Å². The molecule has 0 N–H and O–H groups in total. The summed E-state index contributed by atoms with van der Waals surface area (Å²) in [5.41, 5.74) is 2.82. The fraction of sp³-hybridized carbons (Fsp3) is 0.143. The van der Waals surface area contributed by atoms with Gasteiger partial charge in [0.05, 0.1) is 11.9 Å². The second kappa shape index (κ2) is 6.82. The van der Waals surface area contributed by atoms with Crippen LogP contribution in [0.3, 0.4) is 0 Å². The SMILES string of the molecule is CC(C)c1cc(=O)oc2cc(Oc3nn4cc(-c5cccnc5)nc4s3)ccc12. The van der Waals surface area contributed by atoms with E-state index in [0.717, 1.165) is 22.2 Å². The van der Waals surface area contributed by atoms with Crippen molar-refractivity contribution in [3.8, 4) is 22.2 Å². The first-order valence-electron chi connectivity index (χ1n) is 9.09. The number of fused-ring (bicyclic) bond motifs is 2. The summed E-state index contributed by atoms with van der Waals surface area (Å²) in [7, 11) is 0. The van der Waals surface area contributed by atoms with Crippen LogP contribution in [0.25, 0.3) is 27.2 Å². The van der Waals surface area contributed by atoms with Crippen LogP contribution in [0.5, 0.6) is 10.9 Å². The Labute approximate surface area is 169 Å². The van der Waals surface area contributed by atoms with E-state index in [1.54, 1.807) is 29.0 Å². The molecule has 0 atom stereocenters. The fourth-order valence-electron chi connectivity index (χ4n) is 3.19. The quantitative estimate of drug-likeness (QED) is 0.397. The van der Waals surface area contributed by atoms with Crippen LogP contribution >= 0.6 is 11.3 Å². The molecular formula is C21H16N4O3S. The zero-order valence-corrected chi connectivity index (χ0v) is 16.5. The first-order valence-corrected chi connectivity index (χ1v) is 9.91. The van der Waals surface area contributed by atoms with Crippen molar-refractivity contribution in [3.05, 3.63) is 71.0 Å². The number of hydrogen-bond acceptors (Lipinski definition) is 7. The maximum absolute atomic E-state index is 11.9. The molecule has 0 amide bonds. The summed E-state index contributed by atoms with van der Waals surface area (Å²) in [4.78, 5) is 21.3. The van der Waals surface area contributed by atoms with Crippen molar-refractivity contribution in [2.24, 2.45) is 0 Å². The third-order valence-corrected chi connectivity index (χ3v) is 5.36. The van der Waals surface area contributed by atoms with E-state index in [2.05, 4.69) is 15.1 Å². The summed E-state index contributed by atoms with van der Waals surface area (Å²) in [5.74, 6) is 0.764. The summed E-state index contributed by atoms with van der Waals surface area (Å²) in [5, 5.41) is 5.79. The molecule has 4 heterocycles. The van der Waals surface area contributed by atoms with Crippen LogP contribution in [-0.2, 0) is 0 Å². The summed E-state index contributed by atoms with van der Waals surface area (Å²) in [6.45, 7) is 4.09. The predicted molar refractivity (Wildman–Crippen MR) is 111 cm³/mol. The number of nitrogens with zero attached hydrogens (tertiary/aromatic N) is 4. The van der Waals surface area contributed by atoms with Gasteiger partial charge in [0.25, 0.3) is 5.19 Å². The molecule has 29 heavy (non-hydrogen) atoms. The van der Waals surface area contributed by atoms with Gasteiger partial charge in [0.2, 0.25) is 4.96 Å². The van der Waals surface area contributed by atoms with Crippen LogP contribution in [0.1, 0.15) is 25.3 Å². The van der Waals surface area contributed by atoms with Gasteiger partial charge >= 0.3 is 5.63 Å². The molecule has 1 aromatic carbocycles. The molecular weight excluding hydrogens is 388 g/mol. The van der Waals surface area contributed by atoms with Gasteiger partial charge in [-0.15, -0.1) is 5.10 Å². The zero-order chi connectivity index (χ0) is 20.0. The topological polar surface area (TPSA) is 82.5 Å². The largest absolute Gasteiger partial charge is 0.430 e. The van der Waals surface area contributed by atoms with Crippen molar-refractivity contribution in [3.63, 3.8) is 0 Å². The minimum absolute atomic E-state index is 0.217. The van der Waals surface area contributed by atoms with E-state index < -0.39 is 0 Å². The first kappa shape index (κ1) is 17.6. The molecule has 0 spiro atoms. The minimum atomic E-state index is -0.367. The Hall–Kier alpha value is -3.52. The summed E-state index contributed by atoms with van der Waals surface area (Å²) in [6, 6.07) is 10.8. The minimum Gasteiger partial charge on any atom is -0.430 e. The Morgan fingerprint density at radius 1 is 1.21 bits per heavy atom. The number of pyridine rings is 1. The number of ether oxygens (including phenoxy) is 1. The van der Waals surface area contributed by atoms with Crippen LogP contribution < -0.4 is 10.4 Å². The Morgan fingerprint density at radius 3 is 2.86 bits per heavy atom. The number of rotatable bonds is 4. The molecule has 5 rings (SSSR count). The van der Waals surface area contributed by atoms with Gasteiger partial charge in [-0.25, -0.2) is 14.3 Å². The van der Waals surface area contributed by atoms with Gasteiger partial charge in [-0.2, -0.15) is 0 Å². The smallest absolute Gasteiger partial charge is 0.336 e. The summed E-state index contributed by atoms with van der Waals surface area (Å²) in [6.07, 6.45) is 5.32. The lowest BCUT2D eigenvalue weighted by Gasteiger charge is -2.09. The number of aromatic nitrogens is 4. The van der Waals surface area contributed by atoms with Crippen molar-refractivity contribution >= 4 is 27.3 Å². The highest BCUT2D eigenvalue weighted by Gasteiger charge is 2.13. The molecule has 0 aliphatic carbocycles. The van der Waals surface area contributed by atoms with E-state index in [-0.39, 0.29) is 11.5 Å². The van der Waals surface area contributed by atoms with E-state index in [1.807, 2.05) is 44.3 Å². The number of benzene rings is 1. The maximum Gasteiger partial charge on any atom is 0.336 e. The molecule has 0 radical (unpaired) electrons. The number of hydrogen-bond donors (Lipinski definition) is 0. The van der Waals surface area contributed by atoms with E-state index in [9.17, 15) is 4.79 Å². The Morgan fingerprint density at radius 2 is 2.10 bits per heavy atom. The molecule has 4 aromatic heterocycles. The summed E-state index contributed by atoms with van der Waals surface area (Å²) < 4.78 is 12.9. The Kier molecular flexibility index (Phi) is 4.13.